The number of rotatable bonds is 3. The summed E-state index contributed by atoms with van der Waals surface area (Å²) in [6, 6.07) is 0.809. The third-order valence-electron chi connectivity index (χ3n) is 2.13. The van der Waals surface area contributed by atoms with E-state index in [9.17, 15) is 0 Å². The van der Waals surface area contributed by atoms with Gasteiger partial charge in [0.05, 0.1) is 0 Å². The van der Waals surface area contributed by atoms with Crippen molar-refractivity contribution in [2.24, 2.45) is 4.99 Å². The average molecular weight is 150 g/mol. The predicted molar refractivity (Wildman–Crippen MR) is 46.8 cm³/mol. The quantitative estimate of drug-likeness (QED) is 0.647. The largest absolute Gasteiger partial charge is 0.309 e. The monoisotopic (exact) mass is 150 g/mol. The van der Waals surface area contributed by atoms with Crippen LogP contribution in [0.3, 0.4) is 0 Å². The molecule has 1 N–H and O–H groups in total. The minimum Gasteiger partial charge on any atom is -0.309 e. The van der Waals surface area contributed by atoms with Crippen molar-refractivity contribution < 1.29 is 0 Å². The maximum Gasteiger partial charge on any atom is 0.0342 e. The minimum atomic E-state index is 0.809. The van der Waals surface area contributed by atoms with Crippen molar-refractivity contribution in [2.45, 2.75) is 31.7 Å². The third kappa shape index (κ3) is 2.15. The number of aliphatic imine (C=N–C) groups is 1. The van der Waals surface area contributed by atoms with E-state index in [-0.39, 0.29) is 0 Å². The Morgan fingerprint density at radius 3 is 3.09 bits per heavy atom. The van der Waals surface area contributed by atoms with Crippen LogP contribution in [0.15, 0.2) is 17.3 Å². The Morgan fingerprint density at radius 2 is 2.45 bits per heavy atom. The average Bonchev–Trinajstić information content (AvgIpc) is 2.86. The molecule has 0 radical (unpaired) electrons. The van der Waals surface area contributed by atoms with Crippen molar-refractivity contribution in [1.29, 1.82) is 0 Å². The summed E-state index contributed by atoms with van der Waals surface area (Å²) in [4.78, 5) is 4.30. The molecular weight excluding hydrogens is 136 g/mol. The fourth-order valence-electron chi connectivity index (χ4n) is 1.23. The molecule has 1 aliphatic heterocycles. The first-order chi connectivity index (χ1) is 5.45. The molecule has 11 heavy (non-hydrogen) atoms. The van der Waals surface area contributed by atoms with Crippen LogP contribution < -0.4 is 5.32 Å². The molecule has 1 fully saturated rings. The molecule has 0 atom stereocenters. The second-order valence-corrected chi connectivity index (χ2v) is 3.27. The second-order valence-electron chi connectivity index (χ2n) is 3.27. The molecule has 1 heterocycles. The SMILES string of the molecule is C1=CN=C(CNC2CC2)CC1. The van der Waals surface area contributed by atoms with Crippen LogP contribution in [0.1, 0.15) is 25.7 Å². The first kappa shape index (κ1) is 7.04. The Labute approximate surface area is 67.4 Å². The van der Waals surface area contributed by atoms with Crippen LogP contribution in [-0.4, -0.2) is 18.3 Å². The van der Waals surface area contributed by atoms with Gasteiger partial charge in [0.15, 0.2) is 0 Å². The summed E-state index contributed by atoms with van der Waals surface area (Å²) in [5.41, 5.74) is 1.32. The molecule has 0 unspecified atom stereocenters. The molecule has 0 aromatic carbocycles. The Kier molecular flexibility index (Phi) is 2.04. The molecule has 60 valence electrons. The molecule has 0 amide bonds. The van der Waals surface area contributed by atoms with Gasteiger partial charge < -0.3 is 5.32 Å². The van der Waals surface area contributed by atoms with Crippen LogP contribution in [0, 0.1) is 0 Å². The van der Waals surface area contributed by atoms with Gasteiger partial charge in [0, 0.05) is 24.5 Å². The summed E-state index contributed by atoms with van der Waals surface area (Å²) in [7, 11) is 0. The van der Waals surface area contributed by atoms with Gasteiger partial charge in [-0.15, -0.1) is 0 Å². The molecule has 0 aromatic heterocycles. The van der Waals surface area contributed by atoms with Crippen LogP contribution in [0.2, 0.25) is 0 Å². The summed E-state index contributed by atoms with van der Waals surface area (Å²) in [6.45, 7) is 1.01. The van der Waals surface area contributed by atoms with Gasteiger partial charge >= 0.3 is 0 Å². The van der Waals surface area contributed by atoms with Crippen molar-refractivity contribution in [3.8, 4) is 0 Å². The zero-order chi connectivity index (χ0) is 7.52. The van der Waals surface area contributed by atoms with E-state index in [1.54, 1.807) is 0 Å². The highest BCUT2D eigenvalue weighted by atomic mass is 15.0. The lowest BCUT2D eigenvalue weighted by molar-refractivity contribution is 0.759. The summed E-state index contributed by atoms with van der Waals surface area (Å²) in [5.74, 6) is 0. The second kappa shape index (κ2) is 3.18. The fourth-order valence-corrected chi connectivity index (χ4v) is 1.23. The van der Waals surface area contributed by atoms with E-state index >= 15 is 0 Å². The van der Waals surface area contributed by atoms with Gasteiger partial charge in [-0.1, -0.05) is 6.08 Å². The molecule has 1 saturated carbocycles. The molecule has 2 heteroatoms. The van der Waals surface area contributed by atoms with Crippen molar-refractivity contribution in [3.05, 3.63) is 12.3 Å². The maximum atomic E-state index is 4.30. The van der Waals surface area contributed by atoms with E-state index in [2.05, 4.69) is 16.4 Å². The highest BCUT2D eigenvalue weighted by Crippen LogP contribution is 2.18. The number of nitrogens with one attached hydrogen (secondary N) is 1. The van der Waals surface area contributed by atoms with Gasteiger partial charge in [-0.25, -0.2) is 0 Å². The van der Waals surface area contributed by atoms with Crippen LogP contribution in [0.4, 0.5) is 0 Å². The highest BCUT2D eigenvalue weighted by Gasteiger charge is 2.20. The highest BCUT2D eigenvalue weighted by molar-refractivity contribution is 5.87. The van der Waals surface area contributed by atoms with Crippen molar-refractivity contribution in [3.63, 3.8) is 0 Å². The zero-order valence-corrected chi connectivity index (χ0v) is 6.71. The lowest BCUT2D eigenvalue weighted by atomic mass is 10.2. The van der Waals surface area contributed by atoms with Crippen molar-refractivity contribution in [1.82, 2.24) is 5.32 Å². The zero-order valence-electron chi connectivity index (χ0n) is 6.71. The maximum absolute atomic E-state index is 4.30. The van der Waals surface area contributed by atoms with Crippen LogP contribution >= 0.6 is 0 Å². The molecule has 1 aliphatic carbocycles. The molecule has 0 bridgehead atoms. The first-order valence-electron chi connectivity index (χ1n) is 4.39. The number of hydrogen-bond acceptors (Lipinski definition) is 2. The van der Waals surface area contributed by atoms with Crippen molar-refractivity contribution >= 4 is 5.71 Å². The molecule has 0 spiro atoms. The normalized spacial score (nSPS) is 23.5. The van der Waals surface area contributed by atoms with Gasteiger partial charge in [-0.3, -0.25) is 4.99 Å². The smallest absolute Gasteiger partial charge is 0.0342 e. The van der Waals surface area contributed by atoms with Crippen LogP contribution in [0.25, 0.3) is 0 Å². The standard InChI is InChI=1S/C9H14N2/c1-2-6-10-9(3-1)7-11-8-4-5-8/h2,6,8,11H,1,3-5,7H2. The fraction of sp³-hybridized carbons (Fsp3) is 0.667. The van der Waals surface area contributed by atoms with E-state index in [4.69, 9.17) is 0 Å². The van der Waals surface area contributed by atoms with Gasteiger partial charge in [0.25, 0.3) is 0 Å². The number of hydrogen-bond donors (Lipinski definition) is 1. The lowest BCUT2D eigenvalue weighted by Gasteiger charge is -2.07. The molecular formula is C9H14N2. The topological polar surface area (TPSA) is 24.4 Å². The molecule has 2 aliphatic rings. The van der Waals surface area contributed by atoms with E-state index in [0.29, 0.717) is 0 Å². The Hall–Kier alpha value is -0.630. The summed E-state index contributed by atoms with van der Waals surface area (Å²) < 4.78 is 0. The Morgan fingerprint density at radius 1 is 1.55 bits per heavy atom. The summed E-state index contributed by atoms with van der Waals surface area (Å²) in [6.07, 6.45) is 9.10. The molecule has 2 nitrogen and oxygen atoms in total. The molecule has 0 aromatic rings. The van der Waals surface area contributed by atoms with Gasteiger partial charge in [0.2, 0.25) is 0 Å². The van der Waals surface area contributed by atoms with Crippen LogP contribution in [-0.2, 0) is 0 Å². The first-order valence-corrected chi connectivity index (χ1v) is 4.39. The van der Waals surface area contributed by atoms with E-state index in [1.807, 2.05) is 6.20 Å². The summed E-state index contributed by atoms with van der Waals surface area (Å²) >= 11 is 0. The van der Waals surface area contributed by atoms with E-state index in [1.165, 1.54) is 25.0 Å². The molecule has 2 rings (SSSR count). The number of nitrogens with zero attached hydrogens (tertiary/aromatic N) is 1. The van der Waals surface area contributed by atoms with Crippen LogP contribution in [0.5, 0.6) is 0 Å². The van der Waals surface area contributed by atoms with Gasteiger partial charge in [-0.05, 0) is 25.7 Å². The van der Waals surface area contributed by atoms with Gasteiger partial charge in [-0.2, -0.15) is 0 Å². The van der Waals surface area contributed by atoms with Crippen molar-refractivity contribution in [2.75, 3.05) is 6.54 Å². The minimum absolute atomic E-state index is 0.809. The predicted octanol–water partition coefficient (Wildman–Crippen LogP) is 1.49. The van der Waals surface area contributed by atoms with E-state index < -0.39 is 0 Å². The van der Waals surface area contributed by atoms with E-state index in [0.717, 1.165) is 19.0 Å². The Balaban J connectivity index is 1.75. The van der Waals surface area contributed by atoms with Gasteiger partial charge in [0.1, 0.15) is 0 Å². The molecule has 0 saturated heterocycles. The lowest BCUT2D eigenvalue weighted by Crippen LogP contribution is -2.25. The third-order valence-corrected chi connectivity index (χ3v) is 2.13. The summed E-state index contributed by atoms with van der Waals surface area (Å²) in [5, 5.41) is 3.46. The number of allylic oxidation sites excluding steroid dienone is 1. The Bertz CT molecular complexity index is 190.